The number of rotatable bonds is 3. The summed E-state index contributed by atoms with van der Waals surface area (Å²) in [6.07, 6.45) is 0.435. The molecule has 5 heteroatoms. The molecule has 0 radical (unpaired) electrons. The molecule has 96 valence electrons. The molecule has 1 aliphatic rings. The Kier molecular flexibility index (Phi) is 4.01. The Morgan fingerprint density at radius 3 is 2.89 bits per heavy atom. The van der Waals surface area contributed by atoms with Crippen LogP contribution >= 0.6 is 15.9 Å². The highest BCUT2D eigenvalue weighted by Gasteiger charge is 2.23. The van der Waals surface area contributed by atoms with Crippen LogP contribution in [-0.2, 0) is 9.53 Å². The van der Waals surface area contributed by atoms with Crippen molar-refractivity contribution in [1.29, 1.82) is 0 Å². The van der Waals surface area contributed by atoms with E-state index in [9.17, 15) is 9.59 Å². The summed E-state index contributed by atoms with van der Waals surface area (Å²) in [6, 6.07) is 5.44. The molecule has 0 spiro atoms. The molecule has 4 nitrogen and oxygen atoms in total. The Balaban J connectivity index is 1.93. The van der Waals surface area contributed by atoms with Crippen LogP contribution in [0.1, 0.15) is 22.3 Å². The van der Waals surface area contributed by atoms with Gasteiger partial charge in [0, 0.05) is 23.4 Å². The number of amides is 1. The van der Waals surface area contributed by atoms with Gasteiger partial charge in [-0.1, -0.05) is 15.9 Å². The fraction of sp³-hybridized carbons (Fsp3) is 0.385. The van der Waals surface area contributed by atoms with Gasteiger partial charge < -0.3 is 10.1 Å². The molecule has 0 saturated carbocycles. The molecule has 1 saturated heterocycles. The highest BCUT2D eigenvalue weighted by molar-refractivity contribution is 9.10. The number of nitrogens with one attached hydrogen (secondary N) is 1. The van der Waals surface area contributed by atoms with Crippen LogP contribution in [0.5, 0.6) is 0 Å². The summed E-state index contributed by atoms with van der Waals surface area (Å²) in [5, 5.41) is 2.71. The minimum absolute atomic E-state index is 0.0225. The van der Waals surface area contributed by atoms with Gasteiger partial charge in [-0.15, -0.1) is 0 Å². The maximum Gasteiger partial charge on any atom is 0.338 e. The molecule has 1 aromatic rings. The largest absolute Gasteiger partial charge is 0.462 e. The van der Waals surface area contributed by atoms with Gasteiger partial charge in [0.1, 0.15) is 0 Å². The van der Waals surface area contributed by atoms with E-state index in [1.807, 2.05) is 13.0 Å². The summed E-state index contributed by atoms with van der Waals surface area (Å²) in [7, 11) is 0. The maximum atomic E-state index is 11.8. The minimum atomic E-state index is -0.348. The fourth-order valence-corrected chi connectivity index (χ4v) is 2.52. The van der Waals surface area contributed by atoms with Crippen LogP contribution in [0.15, 0.2) is 22.7 Å². The molecule has 2 rings (SSSR count). The van der Waals surface area contributed by atoms with Gasteiger partial charge in [0.05, 0.1) is 12.2 Å². The average molecular weight is 312 g/mol. The van der Waals surface area contributed by atoms with Crippen LogP contribution in [-0.4, -0.2) is 25.0 Å². The van der Waals surface area contributed by atoms with Crippen molar-refractivity contribution in [3.8, 4) is 0 Å². The number of aryl methyl sites for hydroxylation is 1. The van der Waals surface area contributed by atoms with E-state index < -0.39 is 0 Å². The van der Waals surface area contributed by atoms with Crippen molar-refractivity contribution >= 4 is 27.8 Å². The van der Waals surface area contributed by atoms with E-state index in [1.54, 1.807) is 12.1 Å². The van der Waals surface area contributed by atoms with E-state index in [1.165, 1.54) is 0 Å². The molecule has 0 aromatic heterocycles. The molecular weight excluding hydrogens is 298 g/mol. The molecule has 1 aliphatic heterocycles. The Morgan fingerprint density at radius 1 is 1.50 bits per heavy atom. The predicted octanol–water partition coefficient (Wildman–Crippen LogP) is 2.05. The predicted molar refractivity (Wildman–Crippen MR) is 70.3 cm³/mol. The third-order valence-electron chi connectivity index (χ3n) is 2.79. The SMILES string of the molecule is Cc1cc(Br)cc(C(=O)OCC2CNC(=O)C2)c1. The van der Waals surface area contributed by atoms with Crippen LogP contribution in [0.3, 0.4) is 0 Å². The van der Waals surface area contributed by atoms with E-state index in [4.69, 9.17) is 4.74 Å². The minimum Gasteiger partial charge on any atom is -0.462 e. The van der Waals surface area contributed by atoms with Crippen molar-refractivity contribution in [2.45, 2.75) is 13.3 Å². The summed E-state index contributed by atoms with van der Waals surface area (Å²) in [6.45, 7) is 2.79. The highest BCUT2D eigenvalue weighted by Crippen LogP contribution is 2.17. The lowest BCUT2D eigenvalue weighted by Crippen LogP contribution is -2.17. The molecule has 1 heterocycles. The van der Waals surface area contributed by atoms with Crippen LogP contribution < -0.4 is 5.32 Å². The zero-order valence-electron chi connectivity index (χ0n) is 10.0. The second kappa shape index (κ2) is 5.52. The van der Waals surface area contributed by atoms with Crippen molar-refractivity contribution in [1.82, 2.24) is 5.32 Å². The smallest absolute Gasteiger partial charge is 0.338 e. The highest BCUT2D eigenvalue weighted by atomic mass is 79.9. The Labute approximate surface area is 114 Å². The van der Waals surface area contributed by atoms with Gasteiger partial charge in [-0.25, -0.2) is 4.79 Å². The van der Waals surface area contributed by atoms with Gasteiger partial charge in [-0.2, -0.15) is 0 Å². The lowest BCUT2D eigenvalue weighted by Gasteiger charge is -2.09. The Morgan fingerprint density at radius 2 is 2.28 bits per heavy atom. The van der Waals surface area contributed by atoms with Crippen molar-refractivity contribution in [2.24, 2.45) is 5.92 Å². The number of benzene rings is 1. The molecule has 1 fully saturated rings. The summed E-state index contributed by atoms with van der Waals surface area (Å²) in [4.78, 5) is 22.8. The number of carbonyl (C=O) groups excluding carboxylic acids is 2. The first-order valence-corrected chi connectivity index (χ1v) is 6.55. The molecule has 1 aromatic carbocycles. The van der Waals surface area contributed by atoms with Gasteiger partial charge in [0.15, 0.2) is 0 Å². The topological polar surface area (TPSA) is 55.4 Å². The normalized spacial score (nSPS) is 18.6. The van der Waals surface area contributed by atoms with Gasteiger partial charge in [0.25, 0.3) is 0 Å². The number of hydrogen-bond donors (Lipinski definition) is 1. The lowest BCUT2D eigenvalue weighted by atomic mass is 10.1. The number of hydrogen-bond acceptors (Lipinski definition) is 3. The molecule has 1 N–H and O–H groups in total. The maximum absolute atomic E-state index is 11.8. The van der Waals surface area contributed by atoms with E-state index in [0.29, 0.717) is 18.5 Å². The van der Waals surface area contributed by atoms with Crippen molar-refractivity contribution in [3.63, 3.8) is 0 Å². The first kappa shape index (κ1) is 13.1. The number of esters is 1. The van der Waals surface area contributed by atoms with Crippen LogP contribution in [0.25, 0.3) is 0 Å². The van der Waals surface area contributed by atoms with E-state index in [2.05, 4.69) is 21.2 Å². The fourth-order valence-electron chi connectivity index (χ4n) is 1.91. The molecule has 0 bridgehead atoms. The zero-order valence-corrected chi connectivity index (χ0v) is 11.6. The first-order chi connectivity index (χ1) is 8.54. The van der Waals surface area contributed by atoms with Crippen LogP contribution in [0.2, 0.25) is 0 Å². The number of carbonyl (C=O) groups is 2. The third-order valence-corrected chi connectivity index (χ3v) is 3.25. The third kappa shape index (κ3) is 3.32. The van der Waals surface area contributed by atoms with Gasteiger partial charge >= 0.3 is 5.97 Å². The second-order valence-electron chi connectivity index (χ2n) is 4.49. The van der Waals surface area contributed by atoms with E-state index in [0.717, 1.165) is 10.0 Å². The van der Waals surface area contributed by atoms with E-state index >= 15 is 0 Å². The summed E-state index contributed by atoms with van der Waals surface area (Å²) in [5.41, 5.74) is 1.52. The Bertz CT molecular complexity index is 467. The molecule has 1 atom stereocenters. The quantitative estimate of drug-likeness (QED) is 0.869. The monoisotopic (exact) mass is 311 g/mol. The number of ether oxygens (including phenoxy) is 1. The number of halogens is 1. The summed E-state index contributed by atoms with van der Waals surface area (Å²) in [5.74, 6) is -0.234. The van der Waals surface area contributed by atoms with Crippen molar-refractivity contribution in [3.05, 3.63) is 33.8 Å². The molecule has 1 unspecified atom stereocenters. The van der Waals surface area contributed by atoms with Crippen molar-refractivity contribution in [2.75, 3.05) is 13.2 Å². The summed E-state index contributed by atoms with van der Waals surface area (Å²) >= 11 is 3.34. The van der Waals surface area contributed by atoms with Crippen molar-refractivity contribution < 1.29 is 14.3 Å². The van der Waals surface area contributed by atoms with Gasteiger partial charge in [0.2, 0.25) is 5.91 Å². The van der Waals surface area contributed by atoms with Gasteiger partial charge in [-0.05, 0) is 30.7 Å². The molecule has 18 heavy (non-hydrogen) atoms. The molecule has 0 aliphatic carbocycles. The van der Waals surface area contributed by atoms with Crippen LogP contribution in [0.4, 0.5) is 0 Å². The molecule has 1 amide bonds. The lowest BCUT2D eigenvalue weighted by molar-refractivity contribution is -0.119. The molecular formula is C13H14BrNO3. The van der Waals surface area contributed by atoms with Crippen LogP contribution in [0, 0.1) is 12.8 Å². The first-order valence-electron chi connectivity index (χ1n) is 5.75. The van der Waals surface area contributed by atoms with E-state index in [-0.39, 0.29) is 24.4 Å². The second-order valence-corrected chi connectivity index (χ2v) is 5.41. The average Bonchev–Trinajstić information content (AvgIpc) is 2.70. The summed E-state index contributed by atoms with van der Waals surface area (Å²) < 4.78 is 6.07. The van der Waals surface area contributed by atoms with Gasteiger partial charge in [-0.3, -0.25) is 4.79 Å². The zero-order chi connectivity index (χ0) is 13.1. The Hall–Kier alpha value is -1.36. The standard InChI is InChI=1S/C13H14BrNO3/c1-8-2-10(5-11(14)3-8)13(17)18-7-9-4-12(16)15-6-9/h2-3,5,9H,4,6-7H2,1H3,(H,15,16).